The second-order valence-corrected chi connectivity index (χ2v) is 4.25. The molecule has 1 saturated heterocycles. The zero-order valence-corrected chi connectivity index (χ0v) is 9.74. The predicted octanol–water partition coefficient (Wildman–Crippen LogP) is 0.309. The van der Waals surface area contributed by atoms with E-state index in [0.29, 0.717) is 6.54 Å². The number of carboxylic acid groups (broad SMARTS) is 1. The van der Waals surface area contributed by atoms with Crippen molar-refractivity contribution in [2.24, 2.45) is 5.92 Å². The zero-order chi connectivity index (χ0) is 12.0. The van der Waals surface area contributed by atoms with E-state index in [0.717, 1.165) is 26.1 Å². The van der Waals surface area contributed by atoms with Crippen LogP contribution in [0.2, 0.25) is 0 Å². The second-order valence-electron chi connectivity index (χ2n) is 4.25. The van der Waals surface area contributed by atoms with E-state index in [1.54, 1.807) is 0 Å². The van der Waals surface area contributed by atoms with Crippen molar-refractivity contribution in [1.82, 2.24) is 10.2 Å². The summed E-state index contributed by atoms with van der Waals surface area (Å²) >= 11 is 0. The number of amides is 1. The molecule has 0 aliphatic carbocycles. The quantitative estimate of drug-likeness (QED) is 0.507. The van der Waals surface area contributed by atoms with Crippen molar-refractivity contribution in [3.63, 3.8) is 0 Å². The number of likely N-dealkylation sites (tertiary alicyclic amines) is 1. The molecular weight excluding hydrogens is 208 g/mol. The van der Waals surface area contributed by atoms with Gasteiger partial charge in [0, 0.05) is 6.54 Å². The number of rotatable bonds is 6. The number of aliphatic carboxylic acids is 1. The molecule has 1 unspecified atom stereocenters. The van der Waals surface area contributed by atoms with Crippen LogP contribution in [0.5, 0.6) is 0 Å². The predicted molar refractivity (Wildman–Crippen MR) is 60.1 cm³/mol. The highest BCUT2D eigenvalue weighted by Gasteiger charge is 2.19. The first-order valence-corrected chi connectivity index (χ1v) is 5.84. The monoisotopic (exact) mass is 228 g/mol. The van der Waals surface area contributed by atoms with Crippen LogP contribution in [0.1, 0.15) is 26.2 Å². The van der Waals surface area contributed by atoms with Gasteiger partial charge in [-0.25, -0.2) is 0 Å². The second kappa shape index (κ2) is 6.48. The molecule has 1 aliphatic heterocycles. The van der Waals surface area contributed by atoms with Crippen molar-refractivity contribution < 1.29 is 14.7 Å². The van der Waals surface area contributed by atoms with Gasteiger partial charge in [-0.15, -0.1) is 0 Å². The Bertz CT molecular complexity index is 250. The number of nitrogens with one attached hydrogen (secondary N) is 1. The van der Waals surface area contributed by atoms with Crippen LogP contribution >= 0.6 is 0 Å². The van der Waals surface area contributed by atoms with Crippen molar-refractivity contribution in [3.05, 3.63) is 0 Å². The van der Waals surface area contributed by atoms with E-state index in [-0.39, 0.29) is 0 Å². The van der Waals surface area contributed by atoms with Gasteiger partial charge in [0.1, 0.15) is 5.92 Å². The highest BCUT2D eigenvalue weighted by atomic mass is 16.4. The summed E-state index contributed by atoms with van der Waals surface area (Å²) in [7, 11) is 0. The van der Waals surface area contributed by atoms with Gasteiger partial charge < -0.3 is 15.3 Å². The Balaban J connectivity index is 2.06. The van der Waals surface area contributed by atoms with E-state index in [2.05, 4.69) is 10.2 Å². The summed E-state index contributed by atoms with van der Waals surface area (Å²) in [6.45, 7) is 5.26. The largest absolute Gasteiger partial charge is 0.481 e. The van der Waals surface area contributed by atoms with E-state index in [1.165, 1.54) is 19.8 Å². The number of nitrogens with zero attached hydrogens (tertiary/aromatic N) is 1. The third kappa shape index (κ3) is 4.18. The van der Waals surface area contributed by atoms with E-state index in [1.807, 2.05) is 0 Å². The molecule has 1 rings (SSSR count). The highest BCUT2D eigenvalue weighted by molar-refractivity contribution is 5.96. The smallest absolute Gasteiger partial charge is 0.315 e. The van der Waals surface area contributed by atoms with E-state index < -0.39 is 17.8 Å². The summed E-state index contributed by atoms with van der Waals surface area (Å²) in [4.78, 5) is 24.2. The van der Waals surface area contributed by atoms with Gasteiger partial charge in [-0.05, 0) is 45.8 Å². The fraction of sp³-hybridized carbons (Fsp3) is 0.818. The minimum absolute atomic E-state index is 0.395. The molecule has 0 aromatic carbocycles. The molecule has 1 aliphatic rings. The molecule has 0 bridgehead atoms. The van der Waals surface area contributed by atoms with E-state index in [4.69, 9.17) is 5.11 Å². The lowest BCUT2D eigenvalue weighted by molar-refractivity contribution is -0.146. The average Bonchev–Trinajstić information content (AvgIpc) is 2.75. The van der Waals surface area contributed by atoms with Crippen LogP contribution in [0.4, 0.5) is 0 Å². The van der Waals surface area contributed by atoms with Gasteiger partial charge in [0.05, 0.1) is 0 Å². The number of carbonyl (C=O) groups is 2. The molecule has 1 heterocycles. The summed E-state index contributed by atoms with van der Waals surface area (Å²) in [6, 6.07) is 0. The Morgan fingerprint density at radius 1 is 1.38 bits per heavy atom. The summed E-state index contributed by atoms with van der Waals surface area (Å²) in [5.74, 6) is -2.42. The molecule has 0 saturated carbocycles. The minimum Gasteiger partial charge on any atom is -0.481 e. The van der Waals surface area contributed by atoms with Crippen LogP contribution < -0.4 is 5.32 Å². The van der Waals surface area contributed by atoms with Gasteiger partial charge in [0.2, 0.25) is 5.91 Å². The molecule has 0 aromatic rings. The van der Waals surface area contributed by atoms with Crippen LogP contribution in [0.3, 0.4) is 0 Å². The van der Waals surface area contributed by atoms with Crippen LogP contribution in [0.25, 0.3) is 0 Å². The highest BCUT2D eigenvalue weighted by Crippen LogP contribution is 2.06. The number of carboxylic acids is 1. The van der Waals surface area contributed by atoms with Crippen LogP contribution in [-0.2, 0) is 9.59 Å². The third-order valence-electron chi connectivity index (χ3n) is 2.91. The molecule has 92 valence electrons. The maximum absolute atomic E-state index is 11.3. The van der Waals surface area contributed by atoms with Gasteiger partial charge in [0.25, 0.3) is 0 Å². The van der Waals surface area contributed by atoms with Crippen molar-refractivity contribution >= 4 is 11.9 Å². The molecule has 1 atom stereocenters. The Morgan fingerprint density at radius 2 is 2.00 bits per heavy atom. The van der Waals surface area contributed by atoms with E-state index >= 15 is 0 Å². The van der Waals surface area contributed by atoms with E-state index in [9.17, 15) is 9.59 Å². The first-order valence-electron chi connectivity index (χ1n) is 5.84. The molecule has 0 spiro atoms. The van der Waals surface area contributed by atoms with Crippen LogP contribution in [0, 0.1) is 5.92 Å². The summed E-state index contributed by atoms with van der Waals surface area (Å²) < 4.78 is 0. The van der Waals surface area contributed by atoms with Crippen molar-refractivity contribution in [3.8, 4) is 0 Å². The number of hydrogen-bond acceptors (Lipinski definition) is 3. The standard InChI is InChI=1S/C11H20N2O3/c1-9(11(15)16)10(14)12-5-4-8-13-6-2-3-7-13/h9H,2-8H2,1H3,(H,12,14)(H,15,16). The Kier molecular flexibility index (Phi) is 5.25. The molecule has 16 heavy (non-hydrogen) atoms. The Morgan fingerprint density at radius 3 is 2.56 bits per heavy atom. The lowest BCUT2D eigenvalue weighted by atomic mass is 10.2. The number of carbonyl (C=O) groups excluding carboxylic acids is 1. The SMILES string of the molecule is CC(C(=O)O)C(=O)NCCCN1CCCC1. The maximum Gasteiger partial charge on any atom is 0.315 e. The fourth-order valence-electron chi connectivity index (χ4n) is 1.79. The maximum atomic E-state index is 11.3. The van der Waals surface area contributed by atoms with Gasteiger partial charge in [0.15, 0.2) is 0 Å². The van der Waals surface area contributed by atoms with Gasteiger partial charge in [-0.2, -0.15) is 0 Å². The molecular formula is C11H20N2O3. The number of hydrogen-bond donors (Lipinski definition) is 2. The fourth-order valence-corrected chi connectivity index (χ4v) is 1.79. The minimum atomic E-state index is -1.07. The first-order chi connectivity index (χ1) is 7.61. The molecule has 0 aromatic heterocycles. The molecule has 1 fully saturated rings. The summed E-state index contributed by atoms with van der Waals surface area (Å²) in [6.07, 6.45) is 3.42. The van der Waals surface area contributed by atoms with Gasteiger partial charge >= 0.3 is 5.97 Å². The molecule has 0 radical (unpaired) electrons. The lowest BCUT2D eigenvalue weighted by Crippen LogP contribution is -2.35. The summed E-state index contributed by atoms with van der Waals surface area (Å²) in [5.41, 5.74) is 0. The Hall–Kier alpha value is -1.10. The topological polar surface area (TPSA) is 69.6 Å². The van der Waals surface area contributed by atoms with Crippen molar-refractivity contribution in [2.75, 3.05) is 26.2 Å². The van der Waals surface area contributed by atoms with Gasteiger partial charge in [-0.3, -0.25) is 9.59 Å². The zero-order valence-electron chi connectivity index (χ0n) is 9.74. The third-order valence-corrected chi connectivity index (χ3v) is 2.91. The van der Waals surface area contributed by atoms with Crippen LogP contribution in [-0.4, -0.2) is 48.1 Å². The first kappa shape index (κ1) is 13.0. The summed E-state index contributed by atoms with van der Waals surface area (Å²) in [5, 5.41) is 11.3. The molecule has 2 N–H and O–H groups in total. The van der Waals surface area contributed by atoms with Crippen molar-refractivity contribution in [1.29, 1.82) is 0 Å². The van der Waals surface area contributed by atoms with Crippen LogP contribution in [0.15, 0.2) is 0 Å². The lowest BCUT2D eigenvalue weighted by Gasteiger charge is -2.14. The molecule has 1 amide bonds. The molecule has 5 nitrogen and oxygen atoms in total. The normalized spacial score (nSPS) is 18.3. The van der Waals surface area contributed by atoms with Gasteiger partial charge in [-0.1, -0.05) is 0 Å². The average molecular weight is 228 g/mol. The van der Waals surface area contributed by atoms with Crippen molar-refractivity contribution in [2.45, 2.75) is 26.2 Å². The molecule has 5 heteroatoms. The Labute approximate surface area is 95.8 Å².